The summed E-state index contributed by atoms with van der Waals surface area (Å²) in [6.07, 6.45) is 1.39. The summed E-state index contributed by atoms with van der Waals surface area (Å²) in [5.41, 5.74) is 2.18. The van der Waals surface area contributed by atoms with E-state index in [9.17, 15) is 14.4 Å². The van der Waals surface area contributed by atoms with E-state index in [0.29, 0.717) is 35.6 Å². The van der Waals surface area contributed by atoms with Gasteiger partial charge < -0.3 is 14.4 Å². The lowest BCUT2D eigenvalue weighted by molar-refractivity contribution is -0.151. The standard InChI is InChI=1S/C25H26N2O5S/c1-3-31-25(30)22-16(2)18-9-4-5-10-19(18)26-20(22)15-32-24(29)17-8-6-12-27(14-17)23(28)21-11-7-13-33-21/h4-5,7,9-11,13,17H,3,6,8,12,14-15H2,1-2H3. The first-order chi connectivity index (χ1) is 16.0. The molecule has 0 aliphatic carbocycles. The molecule has 172 valence electrons. The van der Waals surface area contributed by atoms with E-state index in [1.807, 2.05) is 42.6 Å². The zero-order valence-corrected chi connectivity index (χ0v) is 19.5. The van der Waals surface area contributed by atoms with Crippen LogP contribution >= 0.6 is 11.3 Å². The summed E-state index contributed by atoms with van der Waals surface area (Å²) in [5, 5.41) is 2.72. The Morgan fingerprint density at radius 2 is 1.97 bits per heavy atom. The molecular formula is C25H26N2O5S. The predicted molar refractivity (Wildman–Crippen MR) is 125 cm³/mol. The number of carbonyl (C=O) groups excluding carboxylic acids is 3. The van der Waals surface area contributed by atoms with Crippen LogP contribution in [0.1, 0.15) is 51.1 Å². The molecule has 2 aromatic heterocycles. The molecule has 0 saturated carbocycles. The van der Waals surface area contributed by atoms with Gasteiger partial charge in [0.2, 0.25) is 0 Å². The Morgan fingerprint density at radius 1 is 1.15 bits per heavy atom. The highest BCUT2D eigenvalue weighted by Crippen LogP contribution is 2.26. The first-order valence-electron chi connectivity index (χ1n) is 11.0. The third-order valence-electron chi connectivity index (χ3n) is 5.83. The van der Waals surface area contributed by atoms with Gasteiger partial charge in [0, 0.05) is 18.5 Å². The molecule has 1 fully saturated rings. The predicted octanol–water partition coefficient (Wildman–Crippen LogP) is 4.38. The normalized spacial score (nSPS) is 15.9. The summed E-state index contributed by atoms with van der Waals surface area (Å²) in [6.45, 7) is 4.64. The third-order valence-corrected chi connectivity index (χ3v) is 6.69. The molecule has 8 heteroatoms. The number of nitrogens with zero attached hydrogens (tertiary/aromatic N) is 2. The van der Waals surface area contributed by atoms with E-state index >= 15 is 0 Å². The van der Waals surface area contributed by atoms with Crippen molar-refractivity contribution < 1.29 is 23.9 Å². The van der Waals surface area contributed by atoms with Crippen LogP contribution in [0.15, 0.2) is 41.8 Å². The van der Waals surface area contributed by atoms with Crippen LogP contribution in [0.2, 0.25) is 0 Å². The van der Waals surface area contributed by atoms with Gasteiger partial charge in [0.1, 0.15) is 6.61 Å². The highest BCUT2D eigenvalue weighted by molar-refractivity contribution is 7.12. The maximum absolute atomic E-state index is 12.9. The van der Waals surface area contributed by atoms with Gasteiger partial charge in [-0.1, -0.05) is 24.3 Å². The van der Waals surface area contributed by atoms with Crippen molar-refractivity contribution in [3.05, 3.63) is 63.5 Å². The molecule has 1 aromatic carbocycles. The second-order valence-electron chi connectivity index (χ2n) is 7.97. The van der Waals surface area contributed by atoms with E-state index in [1.165, 1.54) is 11.3 Å². The average Bonchev–Trinajstić information content (AvgIpc) is 3.37. The van der Waals surface area contributed by atoms with E-state index in [0.717, 1.165) is 22.9 Å². The Hall–Kier alpha value is -3.26. The number of esters is 2. The van der Waals surface area contributed by atoms with Gasteiger partial charge in [0.15, 0.2) is 0 Å². The monoisotopic (exact) mass is 466 g/mol. The highest BCUT2D eigenvalue weighted by Gasteiger charge is 2.31. The lowest BCUT2D eigenvalue weighted by Crippen LogP contribution is -2.42. The van der Waals surface area contributed by atoms with Gasteiger partial charge in [-0.25, -0.2) is 9.78 Å². The summed E-state index contributed by atoms with van der Waals surface area (Å²) in [6, 6.07) is 11.1. The van der Waals surface area contributed by atoms with Gasteiger partial charge in [-0.3, -0.25) is 9.59 Å². The van der Waals surface area contributed by atoms with Gasteiger partial charge in [-0.15, -0.1) is 11.3 Å². The lowest BCUT2D eigenvalue weighted by atomic mass is 9.98. The van der Waals surface area contributed by atoms with Crippen molar-refractivity contribution in [1.82, 2.24) is 9.88 Å². The van der Waals surface area contributed by atoms with Gasteiger partial charge in [0.05, 0.1) is 34.2 Å². The molecule has 1 amide bonds. The molecule has 0 N–H and O–H groups in total. The van der Waals surface area contributed by atoms with Crippen LogP contribution in [-0.4, -0.2) is 47.4 Å². The van der Waals surface area contributed by atoms with Crippen molar-refractivity contribution in [2.45, 2.75) is 33.3 Å². The summed E-state index contributed by atoms with van der Waals surface area (Å²) in [7, 11) is 0. The summed E-state index contributed by atoms with van der Waals surface area (Å²) >= 11 is 1.39. The number of likely N-dealkylation sites (tertiary alicyclic amines) is 1. The Kier molecular flexibility index (Phi) is 7.03. The smallest absolute Gasteiger partial charge is 0.340 e. The second kappa shape index (κ2) is 10.1. The average molecular weight is 467 g/mol. The van der Waals surface area contributed by atoms with Crippen molar-refractivity contribution in [3.8, 4) is 0 Å². The van der Waals surface area contributed by atoms with E-state index in [1.54, 1.807) is 17.9 Å². The van der Waals surface area contributed by atoms with Crippen LogP contribution in [0.25, 0.3) is 10.9 Å². The number of pyridine rings is 1. The number of hydrogen-bond acceptors (Lipinski definition) is 7. The Bertz CT molecular complexity index is 1180. The minimum Gasteiger partial charge on any atom is -0.462 e. The minimum atomic E-state index is -0.482. The Morgan fingerprint density at radius 3 is 2.73 bits per heavy atom. The van der Waals surface area contributed by atoms with E-state index in [4.69, 9.17) is 9.47 Å². The molecule has 1 aliphatic heterocycles. The molecule has 1 aliphatic rings. The van der Waals surface area contributed by atoms with Gasteiger partial charge in [-0.05, 0) is 49.8 Å². The van der Waals surface area contributed by atoms with Crippen molar-refractivity contribution in [1.29, 1.82) is 0 Å². The Balaban J connectivity index is 1.50. The van der Waals surface area contributed by atoms with Crippen molar-refractivity contribution in [3.63, 3.8) is 0 Å². The van der Waals surface area contributed by atoms with Crippen molar-refractivity contribution >= 4 is 40.1 Å². The highest BCUT2D eigenvalue weighted by atomic mass is 32.1. The number of rotatable bonds is 6. The topological polar surface area (TPSA) is 85.8 Å². The maximum Gasteiger partial charge on any atom is 0.340 e. The summed E-state index contributed by atoms with van der Waals surface area (Å²) in [4.78, 5) is 45.2. The molecule has 1 unspecified atom stereocenters. The zero-order chi connectivity index (χ0) is 23.4. The van der Waals surface area contributed by atoms with Crippen LogP contribution < -0.4 is 0 Å². The molecule has 7 nitrogen and oxygen atoms in total. The molecule has 3 heterocycles. The number of fused-ring (bicyclic) bond motifs is 1. The largest absolute Gasteiger partial charge is 0.462 e. The molecule has 0 radical (unpaired) electrons. The number of carbonyl (C=O) groups is 3. The zero-order valence-electron chi connectivity index (χ0n) is 18.7. The maximum atomic E-state index is 12.9. The minimum absolute atomic E-state index is 0.0566. The number of aryl methyl sites for hydroxylation is 1. The molecule has 0 bridgehead atoms. The lowest BCUT2D eigenvalue weighted by Gasteiger charge is -2.31. The summed E-state index contributed by atoms with van der Waals surface area (Å²) < 4.78 is 10.8. The van der Waals surface area contributed by atoms with E-state index in [-0.39, 0.29) is 25.1 Å². The number of ether oxygens (including phenoxy) is 2. The summed E-state index contributed by atoms with van der Waals surface area (Å²) in [5.74, 6) is -1.33. The van der Waals surface area contributed by atoms with Crippen LogP contribution in [0, 0.1) is 12.8 Å². The second-order valence-corrected chi connectivity index (χ2v) is 8.92. The third kappa shape index (κ3) is 4.90. The molecule has 0 spiro atoms. The van der Waals surface area contributed by atoms with Crippen molar-refractivity contribution in [2.75, 3.05) is 19.7 Å². The number of hydrogen-bond donors (Lipinski definition) is 0. The van der Waals surface area contributed by atoms with Crippen LogP contribution in [0.5, 0.6) is 0 Å². The molecule has 4 rings (SSSR count). The first kappa shape index (κ1) is 22.9. The van der Waals surface area contributed by atoms with Crippen LogP contribution in [0.4, 0.5) is 0 Å². The first-order valence-corrected chi connectivity index (χ1v) is 11.9. The van der Waals surface area contributed by atoms with Crippen LogP contribution in [0.3, 0.4) is 0 Å². The van der Waals surface area contributed by atoms with Gasteiger partial charge in [-0.2, -0.15) is 0 Å². The molecule has 1 saturated heterocycles. The SMILES string of the molecule is CCOC(=O)c1c(COC(=O)C2CCCN(C(=O)c3cccs3)C2)nc2ccccc2c1C. The molecule has 1 atom stereocenters. The molecular weight excluding hydrogens is 440 g/mol. The fourth-order valence-electron chi connectivity index (χ4n) is 4.19. The quantitative estimate of drug-likeness (QED) is 0.501. The number of amides is 1. The molecule has 3 aromatic rings. The number of aromatic nitrogens is 1. The van der Waals surface area contributed by atoms with E-state index < -0.39 is 11.9 Å². The van der Waals surface area contributed by atoms with Gasteiger partial charge >= 0.3 is 11.9 Å². The number of benzene rings is 1. The Labute approximate surface area is 196 Å². The van der Waals surface area contributed by atoms with Crippen LogP contribution in [-0.2, 0) is 20.9 Å². The van der Waals surface area contributed by atoms with Gasteiger partial charge in [0.25, 0.3) is 5.91 Å². The van der Waals surface area contributed by atoms with Crippen molar-refractivity contribution in [2.24, 2.45) is 5.92 Å². The number of piperidine rings is 1. The van der Waals surface area contributed by atoms with E-state index in [2.05, 4.69) is 4.98 Å². The fourth-order valence-corrected chi connectivity index (χ4v) is 4.88. The fraction of sp³-hybridized carbons (Fsp3) is 0.360. The number of thiophene rings is 1. The molecule has 33 heavy (non-hydrogen) atoms. The number of para-hydroxylation sites is 1.